The second-order valence-corrected chi connectivity index (χ2v) is 4.13. The Kier molecular flexibility index (Phi) is 2.33. The quantitative estimate of drug-likeness (QED) is 0.777. The average Bonchev–Trinajstić information content (AvgIpc) is 2.68. The SMILES string of the molecule is Nc1c2c(nn1-c1cccc(F)c1)CCNC2. The van der Waals surface area contributed by atoms with E-state index in [1.54, 1.807) is 16.8 Å². The van der Waals surface area contributed by atoms with Crippen LogP contribution in [0.3, 0.4) is 0 Å². The molecular weight excluding hydrogens is 219 g/mol. The molecule has 0 atom stereocenters. The third-order valence-corrected chi connectivity index (χ3v) is 3.00. The molecule has 0 bridgehead atoms. The standard InChI is InChI=1S/C12H13FN4/c13-8-2-1-3-9(6-8)17-12(14)10-7-15-5-4-11(10)16-17/h1-3,6,15H,4-5,7,14H2. The predicted molar refractivity (Wildman–Crippen MR) is 63.3 cm³/mol. The number of anilines is 1. The summed E-state index contributed by atoms with van der Waals surface area (Å²) in [4.78, 5) is 0. The number of nitrogens with one attached hydrogen (secondary N) is 1. The molecule has 0 unspecified atom stereocenters. The zero-order chi connectivity index (χ0) is 11.8. The molecule has 1 aliphatic heterocycles. The van der Waals surface area contributed by atoms with Crippen LogP contribution in [0, 0.1) is 5.82 Å². The van der Waals surface area contributed by atoms with Crippen molar-refractivity contribution in [2.45, 2.75) is 13.0 Å². The van der Waals surface area contributed by atoms with E-state index in [1.807, 2.05) is 0 Å². The molecule has 2 aromatic rings. The van der Waals surface area contributed by atoms with E-state index >= 15 is 0 Å². The topological polar surface area (TPSA) is 55.9 Å². The number of halogens is 1. The number of hydrogen-bond donors (Lipinski definition) is 2. The first-order valence-corrected chi connectivity index (χ1v) is 5.58. The minimum absolute atomic E-state index is 0.284. The van der Waals surface area contributed by atoms with Crippen LogP contribution >= 0.6 is 0 Å². The van der Waals surface area contributed by atoms with Crippen molar-refractivity contribution >= 4 is 5.82 Å². The number of benzene rings is 1. The summed E-state index contributed by atoms with van der Waals surface area (Å²) in [6.07, 6.45) is 0.863. The Morgan fingerprint density at radius 2 is 2.29 bits per heavy atom. The third kappa shape index (κ3) is 1.68. The lowest BCUT2D eigenvalue weighted by Gasteiger charge is -2.10. The Bertz CT molecular complexity index is 562. The first-order chi connectivity index (χ1) is 8.25. The van der Waals surface area contributed by atoms with Gasteiger partial charge in [-0.05, 0) is 18.2 Å². The molecule has 0 amide bonds. The molecule has 88 valence electrons. The number of nitrogen functional groups attached to an aromatic ring is 1. The minimum atomic E-state index is -0.284. The molecule has 17 heavy (non-hydrogen) atoms. The van der Waals surface area contributed by atoms with Crippen LogP contribution < -0.4 is 11.1 Å². The summed E-state index contributed by atoms with van der Waals surface area (Å²) >= 11 is 0. The molecule has 1 aliphatic rings. The van der Waals surface area contributed by atoms with Gasteiger partial charge in [-0.1, -0.05) is 6.07 Å². The zero-order valence-corrected chi connectivity index (χ0v) is 9.28. The maximum atomic E-state index is 13.2. The van der Waals surface area contributed by atoms with Gasteiger partial charge in [-0.3, -0.25) is 0 Å². The molecule has 5 heteroatoms. The molecule has 0 saturated heterocycles. The van der Waals surface area contributed by atoms with Crippen LogP contribution in [0.1, 0.15) is 11.3 Å². The molecule has 0 spiro atoms. The number of fused-ring (bicyclic) bond motifs is 1. The highest BCUT2D eigenvalue weighted by atomic mass is 19.1. The van der Waals surface area contributed by atoms with Gasteiger partial charge in [0.25, 0.3) is 0 Å². The van der Waals surface area contributed by atoms with Crippen molar-refractivity contribution in [1.29, 1.82) is 0 Å². The molecule has 0 radical (unpaired) electrons. The van der Waals surface area contributed by atoms with Crippen molar-refractivity contribution < 1.29 is 4.39 Å². The van der Waals surface area contributed by atoms with Gasteiger partial charge in [-0.2, -0.15) is 5.10 Å². The van der Waals surface area contributed by atoms with Gasteiger partial charge in [0, 0.05) is 25.1 Å². The lowest BCUT2D eigenvalue weighted by Crippen LogP contribution is -2.23. The number of hydrogen-bond acceptors (Lipinski definition) is 3. The highest BCUT2D eigenvalue weighted by molar-refractivity contribution is 5.50. The van der Waals surface area contributed by atoms with Crippen molar-refractivity contribution in [2.24, 2.45) is 0 Å². The summed E-state index contributed by atoms with van der Waals surface area (Å²) in [5, 5.41) is 7.70. The Morgan fingerprint density at radius 3 is 3.06 bits per heavy atom. The number of nitrogens with zero attached hydrogens (tertiary/aromatic N) is 2. The zero-order valence-electron chi connectivity index (χ0n) is 9.28. The molecule has 4 nitrogen and oxygen atoms in total. The normalized spacial score (nSPS) is 14.6. The van der Waals surface area contributed by atoms with Crippen LogP contribution in [-0.2, 0) is 13.0 Å². The first kappa shape index (κ1) is 10.3. The molecule has 0 saturated carbocycles. The molecular formula is C12H13FN4. The first-order valence-electron chi connectivity index (χ1n) is 5.58. The van der Waals surface area contributed by atoms with E-state index in [-0.39, 0.29) is 5.82 Å². The van der Waals surface area contributed by atoms with Crippen molar-refractivity contribution in [3.63, 3.8) is 0 Å². The molecule has 3 N–H and O–H groups in total. The van der Waals surface area contributed by atoms with E-state index in [0.29, 0.717) is 11.5 Å². The van der Waals surface area contributed by atoms with E-state index in [0.717, 1.165) is 30.8 Å². The van der Waals surface area contributed by atoms with Gasteiger partial charge >= 0.3 is 0 Å². The Labute approximate surface area is 98.2 Å². The maximum Gasteiger partial charge on any atom is 0.132 e. The van der Waals surface area contributed by atoms with E-state index in [1.165, 1.54) is 12.1 Å². The molecule has 1 aromatic carbocycles. The van der Waals surface area contributed by atoms with Crippen LogP contribution in [0.5, 0.6) is 0 Å². The molecule has 0 aliphatic carbocycles. The third-order valence-electron chi connectivity index (χ3n) is 3.00. The number of nitrogens with two attached hydrogens (primary N) is 1. The fourth-order valence-electron chi connectivity index (χ4n) is 2.13. The van der Waals surface area contributed by atoms with Gasteiger partial charge in [-0.15, -0.1) is 0 Å². The number of aromatic nitrogens is 2. The summed E-state index contributed by atoms with van der Waals surface area (Å²) in [6.45, 7) is 1.64. The minimum Gasteiger partial charge on any atom is -0.383 e. The summed E-state index contributed by atoms with van der Waals surface area (Å²) in [7, 11) is 0. The lowest BCUT2D eigenvalue weighted by molar-refractivity contribution is 0.624. The van der Waals surface area contributed by atoms with Crippen LogP contribution in [0.25, 0.3) is 5.69 Å². The van der Waals surface area contributed by atoms with Gasteiger partial charge in [0.2, 0.25) is 0 Å². The summed E-state index contributed by atoms with van der Waals surface area (Å²) in [5.74, 6) is 0.311. The summed E-state index contributed by atoms with van der Waals surface area (Å²) in [5.41, 5.74) is 8.74. The maximum absolute atomic E-state index is 13.2. The second kappa shape index (κ2) is 3.85. The van der Waals surface area contributed by atoms with Gasteiger partial charge in [0.15, 0.2) is 0 Å². The van der Waals surface area contributed by atoms with E-state index in [4.69, 9.17) is 5.73 Å². The Hall–Kier alpha value is -1.88. The predicted octanol–water partition coefficient (Wildman–Crippen LogP) is 1.24. The lowest BCUT2D eigenvalue weighted by atomic mass is 10.1. The average molecular weight is 232 g/mol. The molecule has 1 aromatic heterocycles. The van der Waals surface area contributed by atoms with E-state index in [2.05, 4.69) is 10.4 Å². The van der Waals surface area contributed by atoms with E-state index in [9.17, 15) is 4.39 Å². The fourth-order valence-corrected chi connectivity index (χ4v) is 2.13. The Morgan fingerprint density at radius 1 is 1.41 bits per heavy atom. The second-order valence-electron chi connectivity index (χ2n) is 4.13. The Balaban J connectivity index is 2.12. The smallest absolute Gasteiger partial charge is 0.132 e. The van der Waals surface area contributed by atoms with E-state index < -0.39 is 0 Å². The van der Waals surface area contributed by atoms with Gasteiger partial charge in [0.1, 0.15) is 11.6 Å². The molecule has 2 heterocycles. The highest BCUT2D eigenvalue weighted by Crippen LogP contribution is 2.23. The monoisotopic (exact) mass is 232 g/mol. The van der Waals surface area contributed by atoms with Crippen molar-refractivity contribution in [1.82, 2.24) is 15.1 Å². The molecule has 3 rings (SSSR count). The van der Waals surface area contributed by atoms with Crippen LogP contribution in [0.2, 0.25) is 0 Å². The van der Waals surface area contributed by atoms with Gasteiger partial charge in [-0.25, -0.2) is 9.07 Å². The fraction of sp³-hybridized carbons (Fsp3) is 0.250. The van der Waals surface area contributed by atoms with Gasteiger partial charge < -0.3 is 11.1 Å². The van der Waals surface area contributed by atoms with Crippen LogP contribution in [0.15, 0.2) is 24.3 Å². The van der Waals surface area contributed by atoms with Crippen molar-refractivity contribution in [3.8, 4) is 5.69 Å². The highest BCUT2D eigenvalue weighted by Gasteiger charge is 2.19. The van der Waals surface area contributed by atoms with Gasteiger partial charge in [0.05, 0.1) is 11.4 Å². The summed E-state index contributed by atoms with van der Waals surface area (Å²) in [6, 6.07) is 6.29. The van der Waals surface area contributed by atoms with Crippen LogP contribution in [0.4, 0.5) is 10.2 Å². The number of rotatable bonds is 1. The largest absolute Gasteiger partial charge is 0.383 e. The summed E-state index contributed by atoms with van der Waals surface area (Å²) < 4.78 is 14.8. The van der Waals surface area contributed by atoms with Crippen molar-refractivity contribution in [2.75, 3.05) is 12.3 Å². The van der Waals surface area contributed by atoms with Crippen LogP contribution in [-0.4, -0.2) is 16.3 Å². The molecule has 0 fully saturated rings. The van der Waals surface area contributed by atoms with Crippen molar-refractivity contribution in [3.05, 3.63) is 41.3 Å².